The molecule has 0 amide bonds. The summed E-state index contributed by atoms with van der Waals surface area (Å²) >= 11 is 0. The summed E-state index contributed by atoms with van der Waals surface area (Å²) in [5, 5.41) is 6.98. The molecule has 3 aromatic rings. The van der Waals surface area contributed by atoms with Gasteiger partial charge in [0.25, 0.3) is 0 Å². The van der Waals surface area contributed by atoms with E-state index >= 15 is 0 Å². The van der Waals surface area contributed by atoms with Gasteiger partial charge >= 0.3 is 0 Å². The summed E-state index contributed by atoms with van der Waals surface area (Å²) in [6.07, 6.45) is 0.629. The molecule has 5 heteroatoms. The van der Waals surface area contributed by atoms with E-state index in [9.17, 15) is 4.39 Å². The maximum Gasteiger partial charge on any atom is 0.245 e. The molecule has 1 aromatic heterocycles. The second-order valence-electron chi connectivity index (χ2n) is 4.63. The minimum Gasteiger partial charge on any atom is -0.376 e. The Hall–Kier alpha value is -2.69. The molecule has 0 radical (unpaired) electrons. The predicted molar refractivity (Wildman–Crippen MR) is 77.3 cm³/mol. The van der Waals surface area contributed by atoms with Crippen molar-refractivity contribution in [1.82, 2.24) is 10.1 Å². The van der Waals surface area contributed by atoms with Crippen molar-refractivity contribution in [3.8, 4) is 0 Å². The first-order valence-corrected chi connectivity index (χ1v) is 6.64. The van der Waals surface area contributed by atoms with Gasteiger partial charge in [-0.2, -0.15) is 4.98 Å². The van der Waals surface area contributed by atoms with Gasteiger partial charge in [0, 0.05) is 12.1 Å². The van der Waals surface area contributed by atoms with E-state index in [2.05, 4.69) is 15.5 Å². The van der Waals surface area contributed by atoms with E-state index < -0.39 is 0 Å². The molecule has 106 valence electrons. The van der Waals surface area contributed by atoms with Gasteiger partial charge in [0.15, 0.2) is 5.82 Å². The van der Waals surface area contributed by atoms with Gasteiger partial charge in [0.05, 0.1) is 6.54 Å². The standard InChI is InChI=1S/C16H14FN3O/c17-13-7-4-8-14(10-13)18-11-16-19-15(20-21-16)9-12-5-2-1-3-6-12/h1-8,10,18H,9,11H2. The van der Waals surface area contributed by atoms with Crippen molar-refractivity contribution in [2.24, 2.45) is 0 Å². The number of nitrogens with zero attached hydrogens (tertiary/aromatic N) is 2. The number of halogens is 1. The molecular weight excluding hydrogens is 269 g/mol. The van der Waals surface area contributed by atoms with Crippen molar-refractivity contribution in [3.63, 3.8) is 0 Å². The van der Waals surface area contributed by atoms with Gasteiger partial charge in [0.1, 0.15) is 5.82 Å². The third-order valence-corrected chi connectivity index (χ3v) is 2.98. The van der Waals surface area contributed by atoms with Crippen LogP contribution in [0.15, 0.2) is 59.1 Å². The zero-order valence-corrected chi connectivity index (χ0v) is 11.3. The molecule has 1 heterocycles. The number of anilines is 1. The van der Waals surface area contributed by atoms with Crippen LogP contribution in [0.1, 0.15) is 17.3 Å². The number of hydrogen-bond donors (Lipinski definition) is 1. The first kappa shape index (κ1) is 13.3. The Bertz CT molecular complexity index is 712. The van der Waals surface area contributed by atoms with Gasteiger partial charge in [-0.15, -0.1) is 0 Å². The average molecular weight is 283 g/mol. The summed E-state index contributed by atoms with van der Waals surface area (Å²) in [4.78, 5) is 4.31. The molecule has 21 heavy (non-hydrogen) atoms. The Labute approximate surface area is 121 Å². The number of hydrogen-bond acceptors (Lipinski definition) is 4. The fraction of sp³-hybridized carbons (Fsp3) is 0.125. The van der Waals surface area contributed by atoms with Crippen LogP contribution in [0.5, 0.6) is 0 Å². The summed E-state index contributed by atoms with van der Waals surface area (Å²) in [6.45, 7) is 0.366. The van der Waals surface area contributed by atoms with Gasteiger partial charge in [-0.05, 0) is 23.8 Å². The summed E-state index contributed by atoms with van der Waals surface area (Å²) in [5.74, 6) is 0.831. The Morgan fingerprint density at radius 2 is 1.90 bits per heavy atom. The molecule has 0 bridgehead atoms. The molecule has 0 aliphatic rings. The van der Waals surface area contributed by atoms with Crippen molar-refractivity contribution < 1.29 is 8.91 Å². The molecule has 0 unspecified atom stereocenters. The average Bonchev–Trinajstić information content (AvgIpc) is 2.94. The van der Waals surface area contributed by atoms with E-state index in [1.165, 1.54) is 12.1 Å². The minimum atomic E-state index is -0.282. The molecule has 0 spiro atoms. The van der Waals surface area contributed by atoms with Crippen molar-refractivity contribution in [3.05, 3.63) is 77.7 Å². The molecule has 3 rings (SSSR count). The van der Waals surface area contributed by atoms with E-state index in [1.54, 1.807) is 12.1 Å². The molecule has 0 saturated heterocycles. The second-order valence-corrected chi connectivity index (χ2v) is 4.63. The molecule has 0 atom stereocenters. The lowest BCUT2D eigenvalue weighted by Gasteiger charge is -2.02. The first-order valence-electron chi connectivity index (χ1n) is 6.64. The lowest BCUT2D eigenvalue weighted by atomic mass is 10.1. The molecule has 4 nitrogen and oxygen atoms in total. The highest BCUT2D eigenvalue weighted by Crippen LogP contribution is 2.11. The largest absolute Gasteiger partial charge is 0.376 e. The highest BCUT2D eigenvalue weighted by molar-refractivity contribution is 5.42. The van der Waals surface area contributed by atoms with Gasteiger partial charge in [-0.1, -0.05) is 41.6 Å². The summed E-state index contributed by atoms with van der Waals surface area (Å²) in [5.41, 5.74) is 1.81. The molecule has 0 saturated carbocycles. The maximum atomic E-state index is 13.0. The molecule has 0 aliphatic heterocycles. The Balaban J connectivity index is 1.60. The summed E-state index contributed by atoms with van der Waals surface area (Å²) in [6, 6.07) is 16.2. The van der Waals surface area contributed by atoms with Gasteiger partial charge < -0.3 is 9.84 Å². The number of nitrogens with one attached hydrogen (secondary N) is 1. The zero-order valence-electron chi connectivity index (χ0n) is 11.3. The third kappa shape index (κ3) is 3.66. The molecule has 0 aliphatic carbocycles. The molecular formula is C16H14FN3O. The monoisotopic (exact) mass is 283 g/mol. The van der Waals surface area contributed by atoms with Crippen molar-refractivity contribution in [1.29, 1.82) is 0 Å². The van der Waals surface area contributed by atoms with Crippen LogP contribution in [0.4, 0.5) is 10.1 Å². The van der Waals surface area contributed by atoms with Crippen LogP contribution in [0.2, 0.25) is 0 Å². The highest BCUT2D eigenvalue weighted by Gasteiger charge is 2.07. The second kappa shape index (κ2) is 6.17. The number of aromatic nitrogens is 2. The number of benzene rings is 2. The van der Waals surface area contributed by atoms with Crippen LogP contribution < -0.4 is 5.32 Å². The van der Waals surface area contributed by atoms with E-state index in [0.717, 1.165) is 5.56 Å². The van der Waals surface area contributed by atoms with E-state index in [0.29, 0.717) is 30.4 Å². The minimum absolute atomic E-state index is 0.282. The fourth-order valence-electron chi connectivity index (χ4n) is 1.99. The van der Waals surface area contributed by atoms with Crippen LogP contribution in [-0.2, 0) is 13.0 Å². The van der Waals surface area contributed by atoms with Crippen molar-refractivity contribution in [2.75, 3.05) is 5.32 Å². The van der Waals surface area contributed by atoms with Crippen LogP contribution in [0.3, 0.4) is 0 Å². The Morgan fingerprint density at radius 3 is 2.71 bits per heavy atom. The fourth-order valence-corrected chi connectivity index (χ4v) is 1.99. The van der Waals surface area contributed by atoms with Crippen LogP contribution in [-0.4, -0.2) is 10.1 Å². The normalized spacial score (nSPS) is 10.5. The lowest BCUT2D eigenvalue weighted by Crippen LogP contribution is -2.00. The van der Waals surface area contributed by atoms with E-state index in [-0.39, 0.29) is 5.82 Å². The van der Waals surface area contributed by atoms with E-state index in [4.69, 9.17) is 4.52 Å². The van der Waals surface area contributed by atoms with E-state index in [1.807, 2.05) is 30.3 Å². The SMILES string of the molecule is Fc1cccc(NCc2nc(Cc3ccccc3)no2)c1. The van der Waals surface area contributed by atoms with Crippen molar-refractivity contribution in [2.45, 2.75) is 13.0 Å². The first-order chi connectivity index (χ1) is 10.3. The highest BCUT2D eigenvalue weighted by atomic mass is 19.1. The quantitative estimate of drug-likeness (QED) is 0.779. The van der Waals surface area contributed by atoms with Gasteiger partial charge in [0.2, 0.25) is 5.89 Å². The van der Waals surface area contributed by atoms with Gasteiger partial charge in [-0.3, -0.25) is 0 Å². The predicted octanol–water partition coefficient (Wildman–Crippen LogP) is 3.41. The summed E-state index contributed by atoms with van der Waals surface area (Å²) < 4.78 is 18.2. The number of rotatable bonds is 5. The molecule has 2 aromatic carbocycles. The summed E-state index contributed by atoms with van der Waals surface area (Å²) in [7, 11) is 0. The molecule has 0 fully saturated rings. The van der Waals surface area contributed by atoms with Crippen LogP contribution >= 0.6 is 0 Å². The lowest BCUT2D eigenvalue weighted by molar-refractivity contribution is 0.378. The van der Waals surface area contributed by atoms with Gasteiger partial charge in [-0.25, -0.2) is 4.39 Å². The third-order valence-electron chi connectivity index (χ3n) is 2.98. The van der Waals surface area contributed by atoms with Crippen molar-refractivity contribution >= 4 is 5.69 Å². The Kier molecular flexibility index (Phi) is 3.91. The molecule has 1 N–H and O–H groups in total. The van der Waals surface area contributed by atoms with Crippen LogP contribution in [0.25, 0.3) is 0 Å². The topological polar surface area (TPSA) is 51.0 Å². The Morgan fingerprint density at radius 1 is 1.05 bits per heavy atom. The smallest absolute Gasteiger partial charge is 0.245 e. The maximum absolute atomic E-state index is 13.0. The zero-order chi connectivity index (χ0) is 14.5. The van der Waals surface area contributed by atoms with Crippen LogP contribution in [0, 0.1) is 5.82 Å².